The van der Waals surface area contributed by atoms with Crippen LogP contribution in [0.5, 0.6) is 11.5 Å². The van der Waals surface area contributed by atoms with E-state index in [1.807, 2.05) is 0 Å². The summed E-state index contributed by atoms with van der Waals surface area (Å²) in [6.45, 7) is 0. The Bertz CT molecular complexity index is 855. The first-order valence-electron chi connectivity index (χ1n) is 6.55. The molecule has 0 saturated carbocycles. The van der Waals surface area contributed by atoms with E-state index >= 15 is 0 Å². The molecule has 2 aromatic rings. The summed E-state index contributed by atoms with van der Waals surface area (Å²) in [5.41, 5.74) is 0.928. The first-order valence-corrected chi connectivity index (χ1v) is 8.44. The van der Waals surface area contributed by atoms with E-state index in [2.05, 4.69) is 10.2 Å². The first kappa shape index (κ1) is 16.8. The Labute approximate surface area is 133 Å². The Morgan fingerprint density at radius 1 is 1.09 bits per heavy atom. The molecule has 0 unspecified atom stereocenters. The van der Waals surface area contributed by atoms with Gasteiger partial charge < -0.3 is 9.47 Å². The van der Waals surface area contributed by atoms with Crippen LogP contribution in [0.2, 0.25) is 0 Å². The third-order valence-corrected chi connectivity index (χ3v) is 4.14. The number of aromatic amines is 1. The van der Waals surface area contributed by atoms with Gasteiger partial charge in [-0.3, -0.25) is 4.79 Å². The highest BCUT2D eigenvalue weighted by Crippen LogP contribution is 2.35. The molecule has 0 spiro atoms. The highest BCUT2D eigenvalue weighted by molar-refractivity contribution is 7.91. The minimum absolute atomic E-state index is 0.00168. The van der Waals surface area contributed by atoms with Crippen LogP contribution in [0.15, 0.2) is 34.0 Å². The minimum atomic E-state index is -3.50. The predicted octanol–water partition coefficient (Wildman–Crippen LogP) is 1.36. The van der Waals surface area contributed by atoms with Crippen molar-refractivity contribution in [1.82, 2.24) is 10.2 Å². The van der Waals surface area contributed by atoms with E-state index in [1.54, 1.807) is 30.4 Å². The Hall–Kier alpha value is -2.61. The zero-order chi connectivity index (χ0) is 17.0. The van der Waals surface area contributed by atoms with Crippen molar-refractivity contribution in [1.29, 1.82) is 0 Å². The Morgan fingerprint density at radius 2 is 1.70 bits per heavy atom. The number of rotatable bonds is 5. The highest BCUT2D eigenvalue weighted by Gasteiger charge is 2.21. The normalized spacial score (nSPS) is 11.6. The summed E-state index contributed by atoms with van der Waals surface area (Å²) < 4.78 is 34.1. The number of nitrogens with zero attached hydrogens (tertiary/aromatic N) is 1. The quantitative estimate of drug-likeness (QED) is 0.885. The fourth-order valence-electron chi connectivity index (χ4n) is 1.99. The minimum Gasteiger partial charge on any atom is -0.495 e. The van der Waals surface area contributed by atoms with Crippen molar-refractivity contribution in [3.8, 4) is 11.5 Å². The van der Waals surface area contributed by atoms with Crippen LogP contribution in [0.25, 0.3) is 12.2 Å². The summed E-state index contributed by atoms with van der Waals surface area (Å²) in [5, 5.41) is 6.18. The zero-order valence-electron chi connectivity index (χ0n) is 12.9. The van der Waals surface area contributed by atoms with Crippen LogP contribution in [0.1, 0.15) is 11.3 Å². The lowest BCUT2D eigenvalue weighted by Gasteiger charge is -2.12. The second kappa shape index (κ2) is 6.66. The Kier molecular flexibility index (Phi) is 4.85. The zero-order valence-corrected chi connectivity index (χ0v) is 13.7. The summed E-state index contributed by atoms with van der Waals surface area (Å²) in [6, 6.07) is 6.09. The molecule has 7 nitrogen and oxygen atoms in total. The molecule has 0 radical (unpaired) electrons. The van der Waals surface area contributed by atoms with Gasteiger partial charge in [-0.1, -0.05) is 6.08 Å². The van der Waals surface area contributed by atoms with E-state index in [0.29, 0.717) is 11.3 Å². The lowest BCUT2D eigenvalue weighted by molar-refractivity contribution is 0.373. The van der Waals surface area contributed by atoms with Crippen LogP contribution < -0.4 is 15.0 Å². The van der Waals surface area contributed by atoms with Gasteiger partial charge in [-0.25, -0.2) is 13.5 Å². The third kappa shape index (κ3) is 3.98. The molecule has 23 heavy (non-hydrogen) atoms. The lowest BCUT2D eigenvalue weighted by Crippen LogP contribution is -2.05. The number of hydrogen-bond acceptors (Lipinski definition) is 6. The summed E-state index contributed by atoms with van der Waals surface area (Å²) in [4.78, 5) is 11.0. The van der Waals surface area contributed by atoms with Gasteiger partial charge in [0.2, 0.25) is 0 Å². The van der Waals surface area contributed by atoms with Crippen molar-refractivity contribution in [3.63, 3.8) is 0 Å². The molecule has 1 heterocycles. The molecule has 122 valence electrons. The van der Waals surface area contributed by atoms with Gasteiger partial charge in [0.25, 0.3) is 5.56 Å². The molecule has 1 aromatic heterocycles. The Balaban J connectivity index is 2.48. The smallest absolute Gasteiger partial charge is 0.264 e. The number of aromatic nitrogens is 2. The van der Waals surface area contributed by atoms with Crippen molar-refractivity contribution < 1.29 is 17.9 Å². The second-order valence-electron chi connectivity index (χ2n) is 4.71. The monoisotopic (exact) mass is 336 g/mol. The van der Waals surface area contributed by atoms with E-state index in [9.17, 15) is 13.2 Å². The summed E-state index contributed by atoms with van der Waals surface area (Å²) in [7, 11) is -0.724. The highest BCUT2D eigenvalue weighted by atomic mass is 32.2. The van der Waals surface area contributed by atoms with Crippen LogP contribution in [0, 0.1) is 0 Å². The molecule has 0 amide bonds. The molecule has 1 N–H and O–H groups in total. The van der Waals surface area contributed by atoms with Crippen LogP contribution in [-0.4, -0.2) is 39.1 Å². The topological polar surface area (TPSA) is 98.3 Å². The molecule has 0 saturated heterocycles. The second-order valence-corrected chi connectivity index (χ2v) is 6.66. The summed E-state index contributed by atoms with van der Waals surface area (Å²) in [5.74, 6) is 0.391. The van der Waals surface area contributed by atoms with Crippen LogP contribution in [-0.2, 0) is 9.84 Å². The molecule has 2 rings (SSSR count). The van der Waals surface area contributed by atoms with Gasteiger partial charge in [0.15, 0.2) is 14.7 Å². The average molecular weight is 336 g/mol. The van der Waals surface area contributed by atoms with Gasteiger partial charge in [0, 0.05) is 12.3 Å². The van der Waals surface area contributed by atoms with Gasteiger partial charge in [0.1, 0.15) is 11.5 Å². The number of sulfone groups is 1. The van der Waals surface area contributed by atoms with Gasteiger partial charge in [-0.15, -0.1) is 0 Å². The average Bonchev–Trinajstić information content (AvgIpc) is 2.52. The molecule has 0 aliphatic carbocycles. The van der Waals surface area contributed by atoms with Crippen molar-refractivity contribution in [2.75, 3.05) is 20.5 Å². The van der Waals surface area contributed by atoms with Crippen molar-refractivity contribution in [3.05, 3.63) is 45.9 Å². The van der Waals surface area contributed by atoms with E-state index in [1.165, 1.54) is 20.3 Å². The standard InChI is InChI=1S/C15H16N2O5S/c1-21-12-8-10(4-5-11-6-7-14(18)17-16-11)9-13(22-2)15(12)23(3,19)20/h4-9H,1-3H3,(H,17,18)/b5-4+. The molecule has 0 atom stereocenters. The van der Waals surface area contributed by atoms with E-state index in [0.717, 1.165) is 6.26 Å². The van der Waals surface area contributed by atoms with Gasteiger partial charge in [-0.05, 0) is 29.8 Å². The number of H-pyrrole nitrogens is 1. The third-order valence-electron chi connectivity index (χ3n) is 3.00. The lowest BCUT2D eigenvalue weighted by atomic mass is 10.1. The molecule has 8 heteroatoms. The SMILES string of the molecule is COc1cc(/C=C/c2ccc(=O)[nH]n2)cc(OC)c1S(C)(=O)=O. The van der Waals surface area contributed by atoms with Gasteiger partial charge >= 0.3 is 0 Å². The predicted molar refractivity (Wildman–Crippen MR) is 86.4 cm³/mol. The summed E-state index contributed by atoms with van der Waals surface area (Å²) in [6.07, 6.45) is 4.47. The summed E-state index contributed by atoms with van der Waals surface area (Å²) >= 11 is 0. The number of hydrogen-bond donors (Lipinski definition) is 1. The van der Waals surface area contributed by atoms with E-state index in [-0.39, 0.29) is 22.0 Å². The van der Waals surface area contributed by atoms with Crippen LogP contribution in [0.4, 0.5) is 0 Å². The molecular formula is C15H16N2O5S. The molecule has 1 aromatic carbocycles. The molecule has 0 aliphatic rings. The fourth-order valence-corrected chi connectivity index (χ4v) is 3.01. The number of benzene rings is 1. The van der Waals surface area contributed by atoms with Gasteiger partial charge in [0.05, 0.1) is 19.9 Å². The van der Waals surface area contributed by atoms with Crippen molar-refractivity contribution in [2.45, 2.75) is 4.90 Å². The largest absolute Gasteiger partial charge is 0.495 e. The number of methoxy groups -OCH3 is 2. The first-order chi connectivity index (χ1) is 10.8. The van der Waals surface area contributed by atoms with E-state index < -0.39 is 9.84 Å². The van der Waals surface area contributed by atoms with Crippen LogP contribution in [0.3, 0.4) is 0 Å². The van der Waals surface area contributed by atoms with Crippen molar-refractivity contribution >= 4 is 22.0 Å². The Morgan fingerprint density at radius 3 is 2.13 bits per heavy atom. The van der Waals surface area contributed by atoms with E-state index in [4.69, 9.17) is 9.47 Å². The maximum absolute atomic E-state index is 11.9. The molecule has 0 fully saturated rings. The molecule has 0 bridgehead atoms. The molecule has 0 aliphatic heterocycles. The van der Waals surface area contributed by atoms with Gasteiger partial charge in [-0.2, -0.15) is 5.10 Å². The maximum atomic E-state index is 11.9. The number of ether oxygens (including phenoxy) is 2. The van der Waals surface area contributed by atoms with Crippen molar-refractivity contribution in [2.24, 2.45) is 0 Å². The molecular weight excluding hydrogens is 320 g/mol. The number of nitrogens with one attached hydrogen (secondary N) is 1. The maximum Gasteiger partial charge on any atom is 0.264 e. The fraction of sp³-hybridized carbons (Fsp3) is 0.200. The van der Waals surface area contributed by atoms with Crippen LogP contribution >= 0.6 is 0 Å².